The number of hydrogen-bond donors (Lipinski definition) is 1. The van der Waals surface area contributed by atoms with Crippen LogP contribution in [0.1, 0.15) is 22.3 Å². The number of nitrogens with zero attached hydrogens (tertiary/aromatic N) is 1. The van der Waals surface area contributed by atoms with Gasteiger partial charge in [-0.25, -0.2) is 0 Å². The molecule has 2 rings (SSSR count). The third kappa shape index (κ3) is 2.20. The molecule has 1 aromatic heterocycles. The molecule has 0 saturated heterocycles. The quantitative estimate of drug-likeness (QED) is 0.834. The van der Waals surface area contributed by atoms with Crippen molar-refractivity contribution in [2.45, 2.75) is 12.6 Å². The number of aromatic amines is 1. The van der Waals surface area contributed by atoms with Crippen molar-refractivity contribution in [3.63, 3.8) is 0 Å². The van der Waals surface area contributed by atoms with E-state index in [1.54, 1.807) is 12.1 Å². The molecule has 0 atom stereocenters. The summed E-state index contributed by atoms with van der Waals surface area (Å²) in [6.07, 6.45) is -4.87. The summed E-state index contributed by atoms with van der Waals surface area (Å²) in [4.78, 5) is 14.2. The van der Waals surface area contributed by atoms with Crippen LogP contribution in [0.4, 0.5) is 13.2 Å². The van der Waals surface area contributed by atoms with Gasteiger partial charge in [-0.2, -0.15) is 18.4 Å². The molecule has 2 aromatic rings. The summed E-state index contributed by atoms with van der Waals surface area (Å²) in [6.45, 7) is 0. The second kappa shape index (κ2) is 4.18. The number of rotatable bonds is 2. The van der Waals surface area contributed by atoms with Crippen LogP contribution in [0.25, 0.3) is 10.9 Å². The number of H-pyrrole nitrogens is 1. The molecule has 0 bridgehead atoms. The summed E-state index contributed by atoms with van der Waals surface area (Å²) in [5, 5.41) is 9.14. The number of halogens is 3. The van der Waals surface area contributed by atoms with Crippen molar-refractivity contribution in [1.29, 1.82) is 5.26 Å². The lowest BCUT2D eigenvalue weighted by atomic mass is 10.0. The molecule has 0 saturated carbocycles. The Morgan fingerprint density at radius 3 is 2.72 bits per heavy atom. The van der Waals surface area contributed by atoms with Gasteiger partial charge in [0.15, 0.2) is 5.78 Å². The van der Waals surface area contributed by atoms with Crippen molar-refractivity contribution in [3.8, 4) is 6.07 Å². The molecular formula is C12H7F3N2O. The highest BCUT2D eigenvalue weighted by Crippen LogP contribution is 2.27. The maximum atomic E-state index is 12.2. The van der Waals surface area contributed by atoms with Crippen molar-refractivity contribution in [3.05, 3.63) is 35.5 Å². The Labute approximate surface area is 99.8 Å². The van der Waals surface area contributed by atoms with Gasteiger partial charge >= 0.3 is 6.18 Å². The standard InChI is InChI=1S/C12H7F3N2O/c13-12(14,15)4-10(18)8-6-17-9-3-1-2-7(5-16)11(8)9/h1-3,6,17H,4H2. The molecule has 0 unspecified atom stereocenters. The van der Waals surface area contributed by atoms with Crippen molar-refractivity contribution in [2.75, 3.05) is 0 Å². The number of aromatic nitrogens is 1. The van der Waals surface area contributed by atoms with E-state index in [9.17, 15) is 18.0 Å². The fourth-order valence-electron chi connectivity index (χ4n) is 1.78. The molecular weight excluding hydrogens is 245 g/mol. The zero-order valence-corrected chi connectivity index (χ0v) is 9.01. The Balaban J connectivity index is 2.53. The third-order valence-electron chi connectivity index (χ3n) is 2.49. The maximum absolute atomic E-state index is 12.2. The minimum Gasteiger partial charge on any atom is -0.360 e. The zero-order chi connectivity index (χ0) is 13.3. The lowest BCUT2D eigenvalue weighted by Crippen LogP contribution is -2.14. The van der Waals surface area contributed by atoms with E-state index >= 15 is 0 Å². The fourth-order valence-corrected chi connectivity index (χ4v) is 1.78. The van der Waals surface area contributed by atoms with Crippen LogP contribution in [0.5, 0.6) is 0 Å². The average molecular weight is 252 g/mol. The van der Waals surface area contributed by atoms with Gasteiger partial charge in [0.05, 0.1) is 11.6 Å². The van der Waals surface area contributed by atoms with Gasteiger partial charge in [-0.1, -0.05) is 6.07 Å². The molecule has 6 heteroatoms. The smallest absolute Gasteiger partial charge is 0.360 e. The van der Waals surface area contributed by atoms with Crippen LogP contribution in [0.2, 0.25) is 0 Å². The second-order valence-electron chi connectivity index (χ2n) is 3.76. The topological polar surface area (TPSA) is 56.6 Å². The van der Waals surface area contributed by atoms with E-state index in [2.05, 4.69) is 4.98 Å². The van der Waals surface area contributed by atoms with E-state index in [0.29, 0.717) is 5.52 Å². The normalized spacial score (nSPS) is 11.4. The van der Waals surface area contributed by atoms with E-state index < -0.39 is 18.4 Å². The molecule has 0 aliphatic carbocycles. The first-order valence-corrected chi connectivity index (χ1v) is 5.02. The number of alkyl halides is 3. The van der Waals surface area contributed by atoms with Crippen LogP contribution >= 0.6 is 0 Å². The van der Waals surface area contributed by atoms with E-state index in [1.165, 1.54) is 12.3 Å². The van der Waals surface area contributed by atoms with E-state index in [-0.39, 0.29) is 16.5 Å². The first-order valence-electron chi connectivity index (χ1n) is 5.02. The van der Waals surface area contributed by atoms with Crippen molar-refractivity contribution in [1.82, 2.24) is 4.98 Å². The second-order valence-corrected chi connectivity index (χ2v) is 3.76. The number of nitriles is 1. The highest BCUT2D eigenvalue weighted by atomic mass is 19.4. The first kappa shape index (κ1) is 12.2. The number of carbonyl (C=O) groups is 1. The van der Waals surface area contributed by atoms with Crippen LogP contribution in [-0.4, -0.2) is 16.9 Å². The van der Waals surface area contributed by atoms with E-state index in [1.807, 2.05) is 6.07 Å². The van der Waals surface area contributed by atoms with Gasteiger partial charge in [0, 0.05) is 22.7 Å². The molecule has 18 heavy (non-hydrogen) atoms. The predicted molar refractivity (Wildman–Crippen MR) is 58.0 cm³/mol. The van der Waals surface area contributed by atoms with Gasteiger partial charge in [0.1, 0.15) is 6.42 Å². The lowest BCUT2D eigenvalue weighted by molar-refractivity contribution is -0.125. The van der Waals surface area contributed by atoms with Crippen molar-refractivity contribution >= 4 is 16.7 Å². The number of Topliss-reactive ketones (excluding diaryl/α,β-unsaturated/α-hetero) is 1. The molecule has 1 aromatic carbocycles. The van der Waals surface area contributed by atoms with Crippen molar-refractivity contribution < 1.29 is 18.0 Å². The lowest BCUT2D eigenvalue weighted by Gasteiger charge is -2.04. The van der Waals surface area contributed by atoms with Crippen LogP contribution in [0, 0.1) is 11.3 Å². The van der Waals surface area contributed by atoms with Crippen LogP contribution in [-0.2, 0) is 0 Å². The Morgan fingerprint density at radius 1 is 1.39 bits per heavy atom. The predicted octanol–water partition coefficient (Wildman–Crippen LogP) is 3.17. The number of carbonyl (C=O) groups excluding carboxylic acids is 1. The molecule has 3 nitrogen and oxygen atoms in total. The summed E-state index contributed by atoms with van der Waals surface area (Å²) in [6, 6.07) is 6.51. The molecule has 0 spiro atoms. The third-order valence-corrected chi connectivity index (χ3v) is 2.49. The summed E-state index contributed by atoms with van der Waals surface area (Å²) < 4.78 is 36.6. The molecule has 1 N–H and O–H groups in total. The number of hydrogen-bond acceptors (Lipinski definition) is 2. The van der Waals surface area contributed by atoms with Gasteiger partial charge in [-0.05, 0) is 12.1 Å². The minimum atomic E-state index is -4.55. The van der Waals surface area contributed by atoms with Gasteiger partial charge in [-0.3, -0.25) is 4.79 Å². The molecule has 92 valence electrons. The molecule has 0 amide bonds. The van der Waals surface area contributed by atoms with Crippen LogP contribution in [0.15, 0.2) is 24.4 Å². The SMILES string of the molecule is N#Cc1cccc2[nH]cc(C(=O)CC(F)(F)F)c12. The number of ketones is 1. The van der Waals surface area contributed by atoms with Gasteiger partial charge in [-0.15, -0.1) is 0 Å². The minimum absolute atomic E-state index is 0.0977. The van der Waals surface area contributed by atoms with E-state index in [4.69, 9.17) is 5.26 Å². The fraction of sp³-hybridized carbons (Fsp3) is 0.167. The molecule has 0 fully saturated rings. The summed E-state index contributed by atoms with van der Waals surface area (Å²) >= 11 is 0. The highest BCUT2D eigenvalue weighted by molar-refractivity contribution is 6.09. The Morgan fingerprint density at radius 2 is 2.11 bits per heavy atom. The molecule has 1 heterocycles. The number of fused-ring (bicyclic) bond motifs is 1. The molecule has 0 radical (unpaired) electrons. The number of nitrogens with one attached hydrogen (secondary N) is 1. The first-order chi connectivity index (χ1) is 8.42. The van der Waals surface area contributed by atoms with Gasteiger partial charge in [0.2, 0.25) is 0 Å². The number of benzene rings is 1. The van der Waals surface area contributed by atoms with Gasteiger partial charge in [0.25, 0.3) is 0 Å². The molecule has 0 aliphatic heterocycles. The maximum Gasteiger partial charge on any atom is 0.396 e. The summed E-state index contributed by atoms with van der Waals surface area (Å²) in [7, 11) is 0. The largest absolute Gasteiger partial charge is 0.396 e. The van der Waals surface area contributed by atoms with E-state index in [0.717, 1.165) is 0 Å². The van der Waals surface area contributed by atoms with Crippen LogP contribution in [0.3, 0.4) is 0 Å². The summed E-state index contributed by atoms with van der Waals surface area (Å²) in [5.74, 6) is -1.04. The monoisotopic (exact) mass is 252 g/mol. The van der Waals surface area contributed by atoms with Crippen LogP contribution < -0.4 is 0 Å². The molecule has 0 aliphatic rings. The highest BCUT2D eigenvalue weighted by Gasteiger charge is 2.32. The zero-order valence-electron chi connectivity index (χ0n) is 9.01. The van der Waals surface area contributed by atoms with Crippen molar-refractivity contribution in [2.24, 2.45) is 0 Å². The Kier molecular flexibility index (Phi) is 2.83. The average Bonchev–Trinajstić information content (AvgIpc) is 2.70. The van der Waals surface area contributed by atoms with Gasteiger partial charge < -0.3 is 4.98 Å². The Bertz CT molecular complexity index is 649. The Hall–Kier alpha value is -2.29. The summed E-state index contributed by atoms with van der Waals surface area (Å²) in [5.41, 5.74) is 0.554.